The molecule has 8 heteroatoms. The van der Waals surface area contributed by atoms with Crippen molar-refractivity contribution in [2.24, 2.45) is 0 Å². The zero-order valence-electron chi connectivity index (χ0n) is 14.1. The van der Waals surface area contributed by atoms with Crippen LogP contribution in [0.15, 0.2) is 41.6 Å². The van der Waals surface area contributed by atoms with Gasteiger partial charge in [-0.05, 0) is 24.5 Å². The number of carbonyl (C=O) groups is 1. The lowest BCUT2D eigenvalue weighted by Crippen LogP contribution is -2.50. The monoisotopic (exact) mass is 362 g/mol. The lowest BCUT2D eigenvalue weighted by Gasteiger charge is -2.25. The summed E-state index contributed by atoms with van der Waals surface area (Å²) in [5, 5.41) is 2.82. The molecule has 0 spiro atoms. The fraction of sp³-hybridized carbons (Fsp3) is 0.412. The van der Waals surface area contributed by atoms with E-state index in [4.69, 9.17) is 0 Å². The predicted molar refractivity (Wildman–Crippen MR) is 93.5 cm³/mol. The Labute approximate surface area is 147 Å². The van der Waals surface area contributed by atoms with Crippen LogP contribution in [0, 0.1) is 0 Å². The van der Waals surface area contributed by atoms with Crippen LogP contribution in [0.2, 0.25) is 0 Å². The number of amides is 1. The lowest BCUT2D eigenvalue weighted by atomic mass is 10.1. The van der Waals surface area contributed by atoms with E-state index < -0.39 is 16.1 Å². The molecule has 1 aliphatic heterocycles. The van der Waals surface area contributed by atoms with Crippen LogP contribution in [0.4, 0.5) is 0 Å². The van der Waals surface area contributed by atoms with Crippen LogP contribution < -0.4 is 10.0 Å². The largest absolute Gasteiger partial charge is 0.355 e. The Morgan fingerprint density at radius 3 is 3.00 bits per heavy atom. The van der Waals surface area contributed by atoms with Crippen molar-refractivity contribution < 1.29 is 13.2 Å². The van der Waals surface area contributed by atoms with Crippen molar-refractivity contribution in [2.75, 3.05) is 6.54 Å². The topological polar surface area (TPSA) is 93.1 Å². The van der Waals surface area contributed by atoms with Crippen molar-refractivity contribution in [1.29, 1.82) is 0 Å². The summed E-state index contributed by atoms with van der Waals surface area (Å²) in [6.45, 7) is 3.30. The molecule has 1 atom stereocenters. The highest BCUT2D eigenvalue weighted by atomic mass is 32.2. The van der Waals surface area contributed by atoms with E-state index in [1.54, 1.807) is 30.5 Å². The standard InChI is InChI=1S/C17H22N4O3S/c1-2-16-18-9-11-21(16)10-5-8-19-17(22)14-12-13-6-3-4-7-15(13)25(23,24)20-14/h3-4,6-7,9,11,14,20H,2,5,8,10,12H2,1H3,(H,19,22). The van der Waals surface area contributed by atoms with Crippen LogP contribution >= 0.6 is 0 Å². The molecule has 25 heavy (non-hydrogen) atoms. The van der Waals surface area contributed by atoms with Gasteiger partial charge in [0.25, 0.3) is 0 Å². The normalized spacial score (nSPS) is 18.5. The number of rotatable bonds is 6. The minimum Gasteiger partial charge on any atom is -0.355 e. The van der Waals surface area contributed by atoms with Crippen LogP contribution in [0.1, 0.15) is 24.7 Å². The van der Waals surface area contributed by atoms with Crippen LogP contribution in [-0.2, 0) is 34.2 Å². The lowest BCUT2D eigenvalue weighted by molar-refractivity contribution is -0.122. The second-order valence-electron chi connectivity index (χ2n) is 6.02. The number of hydrogen-bond acceptors (Lipinski definition) is 4. The fourth-order valence-electron chi connectivity index (χ4n) is 3.04. The van der Waals surface area contributed by atoms with Gasteiger partial charge in [0, 0.05) is 31.9 Å². The van der Waals surface area contributed by atoms with Gasteiger partial charge in [-0.1, -0.05) is 25.1 Å². The minimum absolute atomic E-state index is 0.256. The van der Waals surface area contributed by atoms with E-state index in [0.29, 0.717) is 18.5 Å². The summed E-state index contributed by atoms with van der Waals surface area (Å²) in [5.74, 6) is 0.724. The van der Waals surface area contributed by atoms with E-state index in [1.807, 2.05) is 13.1 Å². The third-order valence-electron chi connectivity index (χ3n) is 4.29. The van der Waals surface area contributed by atoms with Crippen LogP contribution in [0.5, 0.6) is 0 Å². The summed E-state index contributed by atoms with van der Waals surface area (Å²) >= 11 is 0. The smallest absolute Gasteiger partial charge is 0.241 e. The molecule has 0 saturated carbocycles. The highest BCUT2D eigenvalue weighted by Gasteiger charge is 2.32. The molecule has 134 valence electrons. The molecule has 7 nitrogen and oxygen atoms in total. The van der Waals surface area contributed by atoms with Gasteiger partial charge in [0.1, 0.15) is 11.9 Å². The first-order chi connectivity index (χ1) is 12.0. The number of nitrogens with one attached hydrogen (secondary N) is 2. The van der Waals surface area contributed by atoms with E-state index in [2.05, 4.69) is 19.6 Å². The number of nitrogens with zero attached hydrogens (tertiary/aromatic N) is 2. The molecule has 1 aromatic heterocycles. The highest BCUT2D eigenvalue weighted by Crippen LogP contribution is 2.22. The van der Waals surface area contributed by atoms with E-state index in [0.717, 1.165) is 25.2 Å². The highest BCUT2D eigenvalue weighted by molar-refractivity contribution is 7.89. The molecular formula is C17H22N4O3S. The molecule has 1 aromatic carbocycles. The van der Waals surface area contributed by atoms with Gasteiger partial charge in [0.2, 0.25) is 15.9 Å². The molecule has 0 aliphatic carbocycles. The van der Waals surface area contributed by atoms with Gasteiger partial charge in [0.15, 0.2) is 0 Å². The first kappa shape index (κ1) is 17.6. The molecule has 0 fully saturated rings. The maximum absolute atomic E-state index is 12.3. The van der Waals surface area contributed by atoms with Crippen molar-refractivity contribution in [3.63, 3.8) is 0 Å². The average molecular weight is 362 g/mol. The number of aryl methyl sites for hydroxylation is 2. The molecule has 3 rings (SSSR count). The fourth-order valence-corrected chi connectivity index (χ4v) is 4.48. The van der Waals surface area contributed by atoms with Gasteiger partial charge in [-0.3, -0.25) is 4.79 Å². The third-order valence-corrected chi connectivity index (χ3v) is 5.87. The van der Waals surface area contributed by atoms with Gasteiger partial charge >= 0.3 is 0 Å². The van der Waals surface area contributed by atoms with E-state index in [9.17, 15) is 13.2 Å². The van der Waals surface area contributed by atoms with Crippen molar-refractivity contribution in [1.82, 2.24) is 19.6 Å². The summed E-state index contributed by atoms with van der Waals surface area (Å²) in [6.07, 6.45) is 5.68. The molecule has 2 heterocycles. The predicted octanol–water partition coefficient (Wildman–Crippen LogP) is 0.855. The Balaban J connectivity index is 1.54. The van der Waals surface area contributed by atoms with Crippen molar-refractivity contribution in [3.8, 4) is 0 Å². The second-order valence-corrected chi connectivity index (χ2v) is 7.70. The zero-order valence-corrected chi connectivity index (χ0v) is 14.9. The Morgan fingerprint density at radius 2 is 2.20 bits per heavy atom. The van der Waals surface area contributed by atoms with Crippen LogP contribution in [0.25, 0.3) is 0 Å². The van der Waals surface area contributed by atoms with Gasteiger partial charge in [-0.25, -0.2) is 13.4 Å². The number of benzene rings is 1. The minimum atomic E-state index is -3.63. The first-order valence-corrected chi connectivity index (χ1v) is 9.87. The summed E-state index contributed by atoms with van der Waals surface area (Å²) in [6, 6.07) is 6.01. The Morgan fingerprint density at radius 1 is 1.40 bits per heavy atom. The van der Waals surface area contributed by atoms with Crippen LogP contribution in [-0.4, -0.2) is 36.5 Å². The van der Waals surface area contributed by atoms with Gasteiger partial charge < -0.3 is 9.88 Å². The first-order valence-electron chi connectivity index (χ1n) is 8.39. The van der Waals surface area contributed by atoms with Gasteiger partial charge in [-0.15, -0.1) is 0 Å². The molecule has 2 aromatic rings. The number of aromatic nitrogens is 2. The van der Waals surface area contributed by atoms with Crippen molar-refractivity contribution in [3.05, 3.63) is 48.0 Å². The summed E-state index contributed by atoms with van der Waals surface area (Å²) in [7, 11) is -3.63. The Bertz CT molecular complexity index is 860. The van der Waals surface area contributed by atoms with Gasteiger partial charge in [0.05, 0.1) is 4.90 Å². The van der Waals surface area contributed by atoms with Crippen LogP contribution in [0.3, 0.4) is 0 Å². The quantitative estimate of drug-likeness (QED) is 0.745. The zero-order chi connectivity index (χ0) is 17.9. The number of fused-ring (bicyclic) bond motifs is 1. The summed E-state index contributed by atoms with van der Waals surface area (Å²) < 4.78 is 29.0. The Kier molecular flexibility index (Phi) is 5.19. The molecule has 1 aliphatic rings. The van der Waals surface area contributed by atoms with Gasteiger partial charge in [-0.2, -0.15) is 4.72 Å². The second kappa shape index (κ2) is 7.37. The molecule has 0 saturated heterocycles. The SMILES string of the molecule is CCc1nccn1CCCNC(=O)C1Cc2ccccc2S(=O)(=O)N1. The maximum Gasteiger partial charge on any atom is 0.241 e. The summed E-state index contributed by atoms with van der Waals surface area (Å²) in [4.78, 5) is 16.8. The molecule has 2 N–H and O–H groups in total. The number of carbonyl (C=O) groups excluding carboxylic acids is 1. The molecule has 0 radical (unpaired) electrons. The van der Waals surface area contributed by atoms with E-state index in [1.165, 1.54) is 0 Å². The molecule has 1 unspecified atom stereocenters. The third kappa shape index (κ3) is 3.91. The molecule has 1 amide bonds. The average Bonchev–Trinajstić information content (AvgIpc) is 3.05. The Hall–Kier alpha value is -2.19. The van der Waals surface area contributed by atoms with Crippen molar-refractivity contribution >= 4 is 15.9 Å². The number of imidazole rings is 1. The maximum atomic E-state index is 12.3. The summed E-state index contributed by atoms with van der Waals surface area (Å²) in [5.41, 5.74) is 0.674. The van der Waals surface area contributed by atoms with Crippen molar-refractivity contribution in [2.45, 2.75) is 43.7 Å². The van der Waals surface area contributed by atoms with E-state index in [-0.39, 0.29) is 10.8 Å². The number of sulfonamides is 1. The number of hydrogen-bond donors (Lipinski definition) is 2. The molecule has 0 bridgehead atoms. The molecular weight excluding hydrogens is 340 g/mol. The van der Waals surface area contributed by atoms with E-state index >= 15 is 0 Å².